The van der Waals surface area contributed by atoms with Crippen LogP contribution in [0.25, 0.3) is 0 Å². The number of hydrogen-bond acceptors (Lipinski definition) is 5. The van der Waals surface area contributed by atoms with Gasteiger partial charge >= 0.3 is 5.69 Å². The van der Waals surface area contributed by atoms with Gasteiger partial charge in [-0.05, 0) is 13.0 Å². The Morgan fingerprint density at radius 1 is 1.47 bits per heavy atom. The van der Waals surface area contributed by atoms with Gasteiger partial charge in [-0.1, -0.05) is 18.2 Å². The number of nitrogens with zero attached hydrogens (tertiary/aromatic N) is 3. The number of aliphatic hydroxyl groups excluding tert-OH is 1. The second-order valence-corrected chi connectivity index (χ2v) is 3.99. The molecule has 0 aliphatic heterocycles. The van der Waals surface area contributed by atoms with Crippen molar-refractivity contribution in [2.75, 3.05) is 0 Å². The Labute approximate surface area is 109 Å². The monoisotopic (exact) mass is 263 g/mol. The normalized spacial score (nSPS) is 10.5. The quantitative estimate of drug-likeness (QED) is 0.672. The summed E-state index contributed by atoms with van der Waals surface area (Å²) >= 11 is 0. The van der Waals surface area contributed by atoms with Crippen LogP contribution in [-0.2, 0) is 13.7 Å². The molecule has 0 saturated heterocycles. The van der Waals surface area contributed by atoms with Crippen LogP contribution in [0.15, 0.2) is 24.3 Å². The fourth-order valence-corrected chi connectivity index (χ4v) is 1.79. The zero-order chi connectivity index (χ0) is 14.0. The molecule has 7 heteroatoms. The third kappa shape index (κ3) is 2.41. The fourth-order valence-electron chi connectivity index (χ4n) is 1.79. The highest BCUT2D eigenvalue weighted by Gasteiger charge is 2.26. The van der Waals surface area contributed by atoms with Crippen LogP contribution in [0.2, 0.25) is 0 Å². The average molecular weight is 263 g/mol. The Morgan fingerprint density at radius 2 is 2.16 bits per heavy atom. The molecule has 0 spiro atoms. The van der Waals surface area contributed by atoms with Crippen LogP contribution in [0.5, 0.6) is 11.6 Å². The van der Waals surface area contributed by atoms with E-state index >= 15 is 0 Å². The standard InChI is InChI=1S/C12H13N3O4/c1-8-11(15(17)18)12(14(2)13-8)19-10-6-4-3-5-9(10)7-16/h3-6,16H,7H2,1-2H3. The molecule has 2 rings (SSSR count). The molecular weight excluding hydrogens is 250 g/mol. The minimum Gasteiger partial charge on any atom is -0.433 e. The second-order valence-electron chi connectivity index (χ2n) is 3.99. The number of nitro groups is 1. The number of aromatic nitrogens is 2. The SMILES string of the molecule is Cc1nn(C)c(Oc2ccccc2CO)c1[N+](=O)[O-]. The van der Waals surface area contributed by atoms with Gasteiger partial charge in [-0.25, -0.2) is 4.68 Å². The van der Waals surface area contributed by atoms with Crippen molar-refractivity contribution in [1.29, 1.82) is 0 Å². The lowest BCUT2D eigenvalue weighted by Gasteiger charge is -2.08. The first kappa shape index (κ1) is 13.0. The molecule has 0 unspecified atom stereocenters. The zero-order valence-corrected chi connectivity index (χ0v) is 10.5. The van der Waals surface area contributed by atoms with Crippen LogP contribution in [0.1, 0.15) is 11.3 Å². The Morgan fingerprint density at radius 3 is 2.79 bits per heavy atom. The summed E-state index contributed by atoms with van der Waals surface area (Å²) in [6.07, 6.45) is 0. The smallest absolute Gasteiger partial charge is 0.353 e. The van der Waals surface area contributed by atoms with E-state index in [2.05, 4.69) is 5.10 Å². The van der Waals surface area contributed by atoms with Crippen LogP contribution < -0.4 is 4.74 Å². The van der Waals surface area contributed by atoms with Crippen molar-refractivity contribution < 1.29 is 14.8 Å². The molecule has 0 saturated carbocycles. The van der Waals surface area contributed by atoms with Gasteiger partial charge in [0.25, 0.3) is 5.88 Å². The zero-order valence-electron chi connectivity index (χ0n) is 10.5. The molecule has 0 atom stereocenters. The molecule has 1 aromatic heterocycles. The molecular formula is C12H13N3O4. The summed E-state index contributed by atoms with van der Waals surface area (Å²) in [6, 6.07) is 6.80. The topological polar surface area (TPSA) is 90.4 Å². The molecule has 0 aliphatic rings. The van der Waals surface area contributed by atoms with E-state index in [0.29, 0.717) is 11.3 Å². The van der Waals surface area contributed by atoms with E-state index in [4.69, 9.17) is 4.74 Å². The van der Waals surface area contributed by atoms with Crippen LogP contribution in [-0.4, -0.2) is 19.8 Å². The summed E-state index contributed by atoms with van der Waals surface area (Å²) < 4.78 is 6.85. The minimum absolute atomic E-state index is 0.0448. The Bertz CT molecular complexity index is 621. The van der Waals surface area contributed by atoms with Gasteiger partial charge in [0.2, 0.25) is 0 Å². The summed E-state index contributed by atoms with van der Waals surface area (Å²) in [5.41, 5.74) is 0.662. The van der Waals surface area contributed by atoms with Gasteiger partial charge in [0.15, 0.2) is 0 Å². The van der Waals surface area contributed by atoms with Crippen LogP contribution in [0.3, 0.4) is 0 Å². The summed E-state index contributed by atoms with van der Waals surface area (Å²) in [5, 5.41) is 24.2. The van der Waals surface area contributed by atoms with Crippen molar-refractivity contribution >= 4 is 5.69 Å². The Hall–Kier alpha value is -2.41. The molecule has 0 aliphatic carbocycles. The number of benzene rings is 1. The van der Waals surface area contributed by atoms with Crippen molar-refractivity contribution in [3.05, 3.63) is 45.6 Å². The van der Waals surface area contributed by atoms with Gasteiger partial charge in [0.05, 0.1) is 11.5 Å². The number of hydrogen-bond donors (Lipinski definition) is 1. The lowest BCUT2D eigenvalue weighted by atomic mass is 10.2. The van der Waals surface area contributed by atoms with Crippen molar-refractivity contribution in [1.82, 2.24) is 9.78 Å². The fraction of sp³-hybridized carbons (Fsp3) is 0.250. The largest absolute Gasteiger partial charge is 0.433 e. The predicted molar refractivity (Wildman–Crippen MR) is 67.0 cm³/mol. The van der Waals surface area contributed by atoms with E-state index in [1.54, 1.807) is 38.2 Å². The molecule has 19 heavy (non-hydrogen) atoms. The summed E-state index contributed by atoms with van der Waals surface area (Å²) in [5.74, 6) is 0.416. The third-order valence-corrected chi connectivity index (χ3v) is 2.67. The number of aliphatic hydroxyl groups is 1. The number of para-hydroxylation sites is 1. The highest BCUT2D eigenvalue weighted by molar-refractivity contribution is 5.48. The molecule has 0 radical (unpaired) electrons. The van der Waals surface area contributed by atoms with Crippen LogP contribution in [0, 0.1) is 17.0 Å². The van der Waals surface area contributed by atoms with Crippen molar-refractivity contribution in [2.45, 2.75) is 13.5 Å². The van der Waals surface area contributed by atoms with E-state index in [-0.39, 0.29) is 23.9 Å². The van der Waals surface area contributed by atoms with Gasteiger partial charge < -0.3 is 9.84 Å². The van der Waals surface area contributed by atoms with E-state index in [1.807, 2.05) is 0 Å². The number of ether oxygens (including phenoxy) is 1. The molecule has 1 aromatic carbocycles. The van der Waals surface area contributed by atoms with E-state index in [9.17, 15) is 15.2 Å². The number of aryl methyl sites for hydroxylation is 2. The maximum atomic E-state index is 11.0. The Kier molecular flexibility index (Phi) is 3.48. The molecule has 1 heterocycles. The van der Waals surface area contributed by atoms with E-state index in [0.717, 1.165) is 0 Å². The molecule has 1 N–H and O–H groups in total. The summed E-state index contributed by atoms with van der Waals surface area (Å²) in [6.45, 7) is 1.34. The minimum atomic E-state index is -0.529. The lowest BCUT2D eigenvalue weighted by Crippen LogP contribution is -1.99. The van der Waals surface area contributed by atoms with Crippen LogP contribution in [0.4, 0.5) is 5.69 Å². The predicted octanol–water partition coefficient (Wildman–Crippen LogP) is 1.92. The molecule has 2 aromatic rings. The maximum Gasteiger partial charge on any atom is 0.353 e. The van der Waals surface area contributed by atoms with Gasteiger partial charge in [0.1, 0.15) is 11.4 Å². The first-order valence-electron chi connectivity index (χ1n) is 5.59. The highest BCUT2D eigenvalue weighted by Crippen LogP contribution is 2.34. The van der Waals surface area contributed by atoms with E-state index < -0.39 is 4.92 Å². The Balaban J connectivity index is 2.46. The van der Waals surface area contributed by atoms with E-state index in [1.165, 1.54) is 4.68 Å². The van der Waals surface area contributed by atoms with Gasteiger partial charge in [-0.15, -0.1) is 0 Å². The lowest BCUT2D eigenvalue weighted by molar-refractivity contribution is -0.386. The molecule has 0 bridgehead atoms. The van der Waals surface area contributed by atoms with Crippen molar-refractivity contribution in [3.8, 4) is 11.6 Å². The number of rotatable bonds is 4. The molecule has 0 amide bonds. The second kappa shape index (κ2) is 5.07. The third-order valence-electron chi connectivity index (χ3n) is 2.67. The van der Waals surface area contributed by atoms with Crippen molar-refractivity contribution in [2.24, 2.45) is 7.05 Å². The molecule has 100 valence electrons. The van der Waals surface area contributed by atoms with Gasteiger partial charge in [0, 0.05) is 12.6 Å². The van der Waals surface area contributed by atoms with Crippen LogP contribution >= 0.6 is 0 Å². The highest BCUT2D eigenvalue weighted by atomic mass is 16.6. The molecule has 0 fully saturated rings. The maximum absolute atomic E-state index is 11.0. The summed E-state index contributed by atoms with van der Waals surface area (Å²) in [7, 11) is 1.57. The van der Waals surface area contributed by atoms with Gasteiger partial charge in [-0.2, -0.15) is 5.10 Å². The van der Waals surface area contributed by atoms with Gasteiger partial charge in [-0.3, -0.25) is 10.1 Å². The first-order valence-corrected chi connectivity index (χ1v) is 5.59. The molecule has 7 nitrogen and oxygen atoms in total. The first-order chi connectivity index (χ1) is 9.04. The average Bonchev–Trinajstić information content (AvgIpc) is 2.65. The van der Waals surface area contributed by atoms with Crippen molar-refractivity contribution in [3.63, 3.8) is 0 Å². The summed E-state index contributed by atoms with van der Waals surface area (Å²) in [4.78, 5) is 10.5.